The molecule has 1 aliphatic heterocycles. The van der Waals surface area contributed by atoms with Gasteiger partial charge in [-0.25, -0.2) is 4.39 Å². The molecule has 1 fully saturated rings. The molecule has 2 unspecified atom stereocenters. The fourth-order valence-corrected chi connectivity index (χ4v) is 2.83. The van der Waals surface area contributed by atoms with Gasteiger partial charge in [0.25, 0.3) is 0 Å². The van der Waals surface area contributed by atoms with Crippen molar-refractivity contribution < 1.29 is 9.50 Å². The van der Waals surface area contributed by atoms with Crippen LogP contribution in [-0.4, -0.2) is 30.8 Å². The van der Waals surface area contributed by atoms with E-state index in [1.54, 1.807) is 6.07 Å². The van der Waals surface area contributed by atoms with Crippen LogP contribution in [0.15, 0.2) is 18.2 Å². The first-order valence-corrected chi connectivity index (χ1v) is 7.04. The third-order valence-corrected chi connectivity index (χ3v) is 4.02. The zero-order chi connectivity index (χ0) is 13.8. The summed E-state index contributed by atoms with van der Waals surface area (Å²) in [4.78, 5) is 2.15. The molecule has 1 aromatic rings. The molecule has 19 heavy (non-hydrogen) atoms. The lowest BCUT2D eigenvalue weighted by molar-refractivity contribution is 0.244. The van der Waals surface area contributed by atoms with Gasteiger partial charge in [0.2, 0.25) is 0 Å². The number of nitrogens with one attached hydrogen (secondary N) is 1. The predicted molar refractivity (Wildman–Crippen MR) is 75.8 cm³/mol. The second kappa shape index (κ2) is 6.35. The van der Waals surface area contributed by atoms with Crippen molar-refractivity contribution >= 4 is 5.69 Å². The Labute approximate surface area is 114 Å². The number of aliphatic hydroxyl groups is 1. The number of hydrogen-bond acceptors (Lipinski definition) is 3. The molecule has 1 aliphatic rings. The standard InChI is InChI=1S/C15H23FN2O/c1-3-17-9-12-13(16)5-4-6-14(12)18-8-7-11(2)15(18)10-19/h4-6,11,15,17,19H,3,7-10H2,1-2H3. The maximum atomic E-state index is 14.0. The normalized spacial score (nSPS) is 23.1. The van der Waals surface area contributed by atoms with Crippen molar-refractivity contribution in [3.63, 3.8) is 0 Å². The van der Waals surface area contributed by atoms with Crippen molar-refractivity contribution in [2.45, 2.75) is 32.9 Å². The summed E-state index contributed by atoms with van der Waals surface area (Å²) in [6, 6.07) is 5.31. The molecular weight excluding hydrogens is 243 g/mol. The van der Waals surface area contributed by atoms with Gasteiger partial charge in [-0.1, -0.05) is 19.9 Å². The smallest absolute Gasteiger partial charge is 0.129 e. The van der Waals surface area contributed by atoms with E-state index in [2.05, 4.69) is 17.1 Å². The lowest BCUT2D eigenvalue weighted by Gasteiger charge is -2.29. The summed E-state index contributed by atoms with van der Waals surface area (Å²) in [7, 11) is 0. The van der Waals surface area contributed by atoms with Gasteiger partial charge in [-0.2, -0.15) is 0 Å². The molecular formula is C15H23FN2O. The van der Waals surface area contributed by atoms with E-state index in [1.807, 2.05) is 13.0 Å². The summed E-state index contributed by atoms with van der Waals surface area (Å²) in [5.41, 5.74) is 1.63. The third kappa shape index (κ3) is 2.90. The average molecular weight is 266 g/mol. The summed E-state index contributed by atoms with van der Waals surface area (Å²) in [6.45, 7) is 6.50. The summed E-state index contributed by atoms with van der Waals surface area (Å²) in [5.74, 6) is 0.273. The third-order valence-electron chi connectivity index (χ3n) is 4.02. The van der Waals surface area contributed by atoms with Crippen LogP contribution in [0.3, 0.4) is 0 Å². The predicted octanol–water partition coefficient (Wildman–Crippen LogP) is 2.14. The Morgan fingerprint density at radius 1 is 1.47 bits per heavy atom. The second-order valence-corrected chi connectivity index (χ2v) is 5.23. The number of aliphatic hydroxyl groups excluding tert-OH is 1. The van der Waals surface area contributed by atoms with Crippen molar-refractivity contribution in [2.24, 2.45) is 5.92 Å². The highest BCUT2D eigenvalue weighted by Gasteiger charge is 2.32. The van der Waals surface area contributed by atoms with Crippen LogP contribution in [0.4, 0.5) is 10.1 Å². The molecule has 4 heteroatoms. The first kappa shape index (κ1) is 14.3. The first-order valence-electron chi connectivity index (χ1n) is 7.04. The Morgan fingerprint density at radius 2 is 2.26 bits per heavy atom. The fraction of sp³-hybridized carbons (Fsp3) is 0.600. The molecule has 2 rings (SSSR count). The first-order chi connectivity index (χ1) is 9.19. The summed E-state index contributed by atoms with van der Waals surface area (Å²) in [6.07, 6.45) is 1.04. The van der Waals surface area contributed by atoms with Crippen LogP contribution < -0.4 is 10.2 Å². The highest BCUT2D eigenvalue weighted by molar-refractivity contribution is 5.56. The van der Waals surface area contributed by atoms with Crippen molar-refractivity contribution in [3.05, 3.63) is 29.6 Å². The molecule has 106 valence electrons. The van der Waals surface area contributed by atoms with Crippen LogP contribution in [0, 0.1) is 11.7 Å². The van der Waals surface area contributed by atoms with E-state index < -0.39 is 0 Å². The van der Waals surface area contributed by atoms with Gasteiger partial charge in [-0.15, -0.1) is 0 Å². The van der Waals surface area contributed by atoms with Gasteiger partial charge < -0.3 is 15.3 Å². The Hall–Kier alpha value is -1.13. The Bertz CT molecular complexity index is 425. The average Bonchev–Trinajstić information content (AvgIpc) is 2.78. The molecule has 0 radical (unpaired) electrons. The van der Waals surface area contributed by atoms with Crippen molar-refractivity contribution in [3.8, 4) is 0 Å². The zero-order valence-corrected chi connectivity index (χ0v) is 11.7. The van der Waals surface area contributed by atoms with Gasteiger partial charge in [-0.3, -0.25) is 0 Å². The summed E-state index contributed by atoms with van der Waals surface area (Å²) >= 11 is 0. The molecule has 2 N–H and O–H groups in total. The molecule has 0 spiro atoms. The van der Waals surface area contributed by atoms with E-state index >= 15 is 0 Å². The van der Waals surface area contributed by atoms with Crippen LogP contribution in [0.1, 0.15) is 25.8 Å². The fourth-order valence-electron chi connectivity index (χ4n) is 2.83. The molecule has 0 amide bonds. The Balaban J connectivity index is 2.30. The molecule has 2 atom stereocenters. The quantitative estimate of drug-likeness (QED) is 0.857. The van der Waals surface area contributed by atoms with E-state index in [0.717, 1.165) is 25.2 Å². The van der Waals surface area contributed by atoms with Crippen LogP contribution >= 0.6 is 0 Å². The summed E-state index contributed by atoms with van der Waals surface area (Å²) in [5, 5.41) is 12.7. The van der Waals surface area contributed by atoms with Crippen molar-refractivity contribution in [2.75, 3.05) is 24.6 Å². The largest absolute Gasteiger partial charge is 0.394 e. The van der Waals surface area contributed by atoms with Crippen LogP contribution in [0.25, 0.3) is 0 Å². The SMILES string of the molecule is CCNCc1c(F)cccc1N1CCC(C)C1CO. The highest BCUT2D eigenvalue weighted by Crippen LogP contribution is 2.32. The highest BCUT2D eigenvalue weighted by atomic mass is 19.1. The minimum Gasteiger partial charge on any atom is -0.394 e. The molecule has 1 saturated heterocycles. The number of nitrogens with zero attached hydrogens (tertiary/aromatic N) is 1. The lowest BCUT2D eigenvalue weighted by Crippen LogP contribution is -2.36. The number of hydrogen-bond donors (Lipinski definition) is 2. The maximum Gasteiger partial charge on any atom is 0.129 e. The monoisotopic (exact) mass is 266 g/mol. The second-order valence-electron chi connectivity index (χ2n) is 5.23. The van der Waals surface area contributed by atoms with Crippen LogP contribution in [0.2, 0.25) is 0 Å². The van der Waals surface area contributed by atoms with E-state index in [0.29, 0.717) is 18.0 Å². The van der Waals surface area contributed by atoms with Crippen molar-refractivity contribution in [1.82, 2.24) is 5.32 Å². The van der Waals surface area contributed by atoms with Gasteiger partial charge in [0.15, 0.2) is 0 Å². The number of rotatable bonds is 5. The molecule has 0 aliphatic carbocycles. The molecule has 1 heterocycles. The van der Waals surface area contributed by atoms with Crippen LogP contribution in [-0.2, 0) is 6.54 Å². The van der Waals surface area contributed by atoms with Gasteiger partial charge in [0.1, 0.15) is 5.82 Å². The van der Waals surface area contributed by atoms with E-state index in [-0.39, 0.29) is 18.5 Å². The molecule has 0 aromatic heterocycles. The van der Waals surface area contributed by atoms with E-state index in [1.165, 1.54) is 6.07 Å². The minimum atomic E-state index is -0.172. The number of anilines is 1. The zero-order valence-electron chi connectivity index (χ0n) is 11.7. The van der Waals surface area contributed by atoms with E-state index in [9.17, 15) is 9.50 Å². The van der Waals surface area contributed by atoms with Gasteiger partial charge >= 0.3 is 0 Å². The number of benzene rings is 1. The topological polar surface area (TPSA) is 35.5 Å². The Morgan fingerprint density at radius 3 is 2.95 bits per heavy atom. The van der Waals surface area contributed by atoms with Gasteiger partial charge in [0.05, 0.1) is 12.6 Å². The molecule has 0 bridgehead atoms. The lowest BCUT2D eigenvalue weighted by atomic mass is 10.0. The maximum absolute atomic E-state index is 14.0. The number of halogens is 1. The molecule has 3 nitrogen and oxygen atoms in total. The van der Waals surface area contributed by atoms with E-state index in [4.69, 9.17) is 0 Å². The minimum absolute atomic E-state index is 0.0992. The molecule has 1 aromatic carbocycles. The van der Waals surface area contributed by atoms with Gasteiger partial charge in [0, 0.05) is 24.3 Å². The summed E-state index contributed by atoms with van der Waals surface area (Å²) < 4.78 is 14.0. The van der Waals surface area contributed by atoms with Gasteiger partial charge in [-0.05, 0) is 31.0 Å². The van der Waals surface area contributed by atoms with Crippen molar-refractivity contribution in [1.29, 1.82) is 0 Å². The molecule has 0 saturated carbocycles. The van der Waals surface area contributed by atoms with Crippen LogP contribution in [0.5, 0.6) is 0 Å². The Kier molecular flexibility index (Phi) is 4.77.